The summed E-state index contributed by atoms with van der Waals surface area (Å²) in [5.41, 5.74) is 2.18. The fourth-order valence-electron chi connectivity index (χ4n) is 2.16. The van der Waals surface area contributed by atoms with Gasteiger partial charge in [0.15, 0.2) is 0 Å². The number of para-hydroxylation sites is 1. The van der Waals surface area contributed by atoms with Gasteiger partial charge < -0.3 is 5.32 Å². The summed E-state index contributed by atoms with van der Waals surface area (Å²) in [6, 6.07) is 22.3. The first-order valence-electron chi connectivity index (χ1n) is 7.70. The van der Waals surface area contributed by atoms with E-state index in [1.54, 1.807) is 12.1 Å². The molecule has 1 aromatic heterocycles. The van der Waals surface area contributed by atoms with Crippen LogP contribution in [0.5, 0.6) is 0 Å². The first-order chi connectivity index (χ1) is 12.1. The van der Waals surface area contributed by atoms with Crippen molar-refractivity contribution in [2.24, 2.45) is 0 Å². The molecule has 0 saturated heterocycles. The van der Waals surface area contributed by atoms with Crippen LogP contribution in [0.3, 0.4) is 0 Å². The molecule has 0 spiro atoms. The third-order valence-electron chi connectivity index (χ3n) is 3.37. The molecule has 0 aliphatic carbocycles. The molecule has 128 valence electrons. The Morgan fingerprint density at radius 1 is 0.800 bits per heavy atom. The van der Waals surface area contributed by atoms with Crippen molar-refractivity contribution >= 4 is 27.4 Å². The summed E-state index contributed by atoms with van der Waals surface area (Å²) < 4.78 is 29.1. The number of benzene rings is 2. The molecular formula is C18H18N4O2S. The topological polar surface area (TPSA) is 83.1 Å². The van der Waals surface area contributed by atoms with E-state index in [0.717, 1.165) is 11.3 Å². The highest BCUT2D eigenvalue weighted by Gasteiger charge is 2.09. The highest BCUT2D eigenvalue weighted by Crippen LogP contribution is 2.16. The first kappa shape index (κ1) is 16.9. The van der Waals surface area contributed by atoms with Gasteiger partial charge in [-0.15, -0.1) is 0 Å². The molecule has 0 fully saturated rings. The number of hydrogen-bond donors (Lipinski definition) is 3. The van der Waals surface area contributed by atoms with Crippen LogP contribution in [-0.4, -0.2) is 13.4 Å². The van der Waals surface area contributed by atoms with Crippen molar-refractivity contribution in [3.63, 3.8) is 0 Å². The molecule has 0 aliphatic rings. The maximum atomic E-state index is 12.1. The normalized spacial score (nSPS) is 11.0. The van der Waals surface area contributed by atoms with Gasteiger partial charge in [0, 0.05) is 12.2 Å². The highest BCUT2D eigenvalue weighted by atomic mass is 32.2. The van der Waals surface area contributed by atoms with Crippen LogP contribution >= 0.6 is 0 Å². The summed E-state index contributed by atoms with van der Waals surface area (Å²) in [5, 5.41) is 3.14. The maximum absolute atomic E-state index is 12.1. The van der Waals surface area contributed by atoms with E-state index in [1.165, 1.54) is 6.20 Å². The van der Waals surface area contributed by atoms with E-state index in [0.29, 0.717) is 11.5 Å². The number of nitrogens with zero attached hydrogens (tertiary/aromatic N) is 1. The van der Waals surface area contributed by atoms with Gasteiger partial charge in [-0.2, -0.15) is 13.1 Å². The second kappa shape index (κ2) is 7.78. The molecule has 7 heteroatoms. The predicted octanol–water partition coefficient (Wildman–Crippen LogP) is 3.27. The van der Waals surface area contributed by atoms with Crippen molar-refractivity contribution < 1.29 is 8.42 Å². The number of anilines is 3. The minimum atomic E-state index is -3.66. The molecule has 6 nitrogen and oxygen atoms in total. The molecule has 3 aromatic rings. The summed E-state index contributed by atoms with van der Waals surface area (Å²) in [6.07, 6.45) is 1.47. The Bertz CT molecular complexity index is 899. The maximum Gasteiger partial charge on any atom is 0.299 e. The monoisotopic (exact) mass is 354 g/mol. The molecule has 3 N–H and O–H groups in total. The summed E-state index contributed by atoms with van der Waals surface area (Å²) in [5.74, 6) is 0.631. The van der Waals surface area contributed by atoms with E-state index < -0.39 is 10.2 Å². The Balaban J connectivity index is 1.58. The van der Waals surface area contributed by atoms with Gasteiger partial charge in [0.2, 0.25) is 0 Å². The van der Waals surface area contributed by atoms with Crippen molar-refractivity contribution in [3.8, 4) is 0 Å². The molecule has 1 heterocycles. The SMILES string of the molecule is O=S(=O)(NCc1ccccc1)Nc1ccc(Nc2ccccc2)nc1. The lowest BCUT2D eigenvalue weighted by Crippen LogP contribution is -2.29. The van der Waals surface area contributed by atoms with Gasteiger partial charge in [0.1, 0.15) is 5.82 Å². The average Bonchev–Trinajstić information content (AvgIpc) is 2.63. The largest absolute Gasteiger partial charge is 0.340 e. The summed E-state index contributed by atoms with van der Waals surface area (Å²) in [4.78, 5) is 4.21. The molecule has 0 bridgehead atoms. The first-order valence-corrected chi connectivity index (χ1v) is 9.18. The van der Waals surface area contributed by atoms with Gasteiger partial charge in [0.05, 0.1) is 11.9 Å². The molecule has 0 aliphatic heterocycles. The molecule has 3 rings (SSSR count). The number of aromatic nitrogens is 1. The lowest BCUT2D eigenvalue weighted by atomic mass is 10.2. The van der Waals surface area contributed by atoms with E-state index in [4.69, 9.17) is 0 Å². The third-order valence-corrected chi connectivity index (χ3v) is 4.40. The summed E-state index contributed by atoms with van der Waals surface area (Å²) in [6.45, 7) is 0.219. The zero-order valence-electron chi connectivity index (χ0n) is 13.4. The van der Waals surface area contributed by atoms with Crippen LogP contribution in [0.4, 0.5) is 17.2 Å². The number of hydrogen-bond acceptors (Lipinski definition) is 4. The van der Waals surface area contributed by atoms with Crippen LogP contribution in [0.25, 0.3) is 0 Å². The van der Waals surface area contributed by atoms with Crippen molar-refractivity contribution in [1.82, 2.24) is 9.71 Å². The van der Waals surface area contributed by atoms with Crippen molar-refractivity contribution in [2.45, 2.75) is 6.54 Å². The second-order valence-corrected chi connectivity index (χ2v) is 6.84. The molecule has 0 unspecified atom stereocenters. The Morgan fingerprint density at radius 2 is 1.48 bits per heavy atom. The van der Waals surface area contributed by atoms with Gasteiger partial charge in [-0.25, -0.2) is 4.98 Å². The van der Waals surface area contributed by atoms with Crippen LogP contribution in [0.15, 0.2) is 79.0 Å². The summed E-state index contributed by atoms with van der Waals surface area (Å²) in [7, 11) is -3.66. The van der Waals surface area contributed by atoms with E-state index in [9.17, 15) is 8.42 Å². The van der Waals surface area contributed by atoms with Crippen LogP contribution in [-0.2, 0) is 16.8 Å². The van der Waals surface area contributed by atoms with Crippen LogP contribution in [0.2, 0.25) is 0 Å². The predicted molar refractivity (Wildman–Crippen MR) is 99.8 cm³/mol. The summed E-state index contributed by atoms with van der Waals surface area (Å²) >= 11 is 0. The van der Waals surface area contributed by atoms with Crippen molar-refractivity contribution in [1.29, 1.82) is 0 Å². The van der Waals surface area contributed by atoms with Gasteiger partial charge in [0.25, 0.3) is 10.2 Å². The second-order valence-electron chi connectivity index (χ2n) is 5.34. The van der Waals surface area contributed by atoms with Crippen LogP contribution in [0.1, 0.15) is 5.56 Å². The minimum Gasteiger partial charge on any atom is -0.340 e. The standard InChI is InChI=1S/C18H18N4O2S/c23-25(24,20-13-15-7-3-1-4-8-15)22-17-11-12-18(19-14-17)21-16-9-5-2-6-10-16/h1-12,14,20,22H,13H2,(H,19,21). The van der Waals surface area contributed by atoms with E-state index in [2.05, 4.69) is 19.7 Å². The van der Waals surface area contributed by atoms with Gasteiger partial charge >= 0.3 is 0 Å². The zero-order chi connectivity index (χ0) is 17.5. The molecule has 25 heavy (non-hydrogen) atoms. The lowest BCUT2D eigenvalue weighted by Gasteiger charge is -2.10. The van der Waals surface area contributed by atoms with E-state index >= 15 is 0 Å². The third kappa shape index (κ3) is 5.30. The van der Waals surface area contributed by atoms with Crippen molar-refractivity contribution in [3.05, 3.63) is 84.6 Å². The molecule has 0 saturated carbocycles. The zero-order valence-corrected chi connectivity index (χ0v) is 14.2. The average molecular weight is 354 g/mol. The molecule has 2 aromatic carbocycles. The van der Waals surface area contributed by atoms with Crippen molar-refractivity contribution in [2.75, 3.05) is 10.0 Å². The molecular weight excluding hydrogens is 336 g/mol. The van der Waals surface area contributed by atoms with Crippen LogP contribution in [0, 0.1) is 0 Å². The molecule has 0 radical (unpaired) electrons. The quantitative estimate of drug-likeness (QED) is 0.608. The number of pyridine rings is 1. The Hall–Kier alpha value is -2.90. The van der Waals surface area contributed by atoms with E-state index in [1.807, 2.05) is 60.7 Å². The highest BCUT2D eigenvalue weighted by molar-refractivity contribution is 7.90. The van der Waals surface area contributed by atoms with E-state index in [-0.39, 0.29) is 6.54 Å². The minimum absolute atomic E-state index is 0.219. The molecule has 0 atom stereocenters. The lowest BCUT2D eigenvalue weighted by molar-refractivity contribution is 0.587. The molecule has 0 amide bonds. The fraction of sp³-hybridized carbons (Fsp3) is 0.0556. The number of nitrogens with one attached hydrogen (secondary N) is 3. The Kier molecular flexibility index (Phi) is 5.27. The van der Waals surface area contributed by atoms with Gasteiger partial charge in [-0.05, 0) is 29.8 Å². The smallest absolute Gasteiger partial charge is 0.299 e. The fourth-order valence-corrected chi connectivity index (χ4v) is 3.02. The number of rotatable bonds is 7. The Labute approximate surface area is 147 Å². The van der Waals surface area contributed by atoms with Gasteiger partial charge in [-0.1, -0.05) is 48.5 Å². The Morgan fingerprint density at radius 3 is 2.12 bits per heavy atom. The van der Waals surface area contributed by atoms with Crippen LogP contribution < -0.4 is 14.8 Å². The van der Waals surface area contributed by atoms with Gasteiger partial charge in [-0.3, -0.25) is 4.72 Å².